The Morgan fingerprint density at radius 2 is 1.80 bits per heavy atom. The molecule has 1 aromatic heterocycles. The number of aryl methyl sites for hydroxylation is 1. The van der Waals surface area contributed by atoms with Crippen LogP contribution in [0.2, 0.25) is 0 Å². The van der Waals surface area contributed by atoms with Crippen LogP contribution in [-0.4, -0.2) is 22.3 Å². The number of nitrogens with one attached hydrogen (secondary N) is 1. The Balaban J connectivity index is 1.97. The molecule has 0 aliphatic rings. The van der Waals surface area contributed by atoms with Gasteiger partial charge in [-0.3, -0.25) is 5.10 Å². The van der Waals surface area contributed by atoms with E-state index in [1.807, 2.05) is 36.4 Å². The fourth-order valence-corrected chi connectivity index (χ4v) is 2.07. The lowest BCUT2D eigenvalue weighted by atomic mass is 10.1. The predicted molar refractivity (Wildman–Crippen MR) is 78.5 cm³/mol. The van der Waals surface area contributed by atoms with E-state index in [0.717, 1.165) is 22.7 Å². The first kappa shape index (κ1) is 12.4. The lowest BCUT2D eigenvalue weighted by molar-refractivity contribution is 0.415. The first-order valence-corrected chi connectivity index (χ1v) is 6.40. The Hall–Kier alpha value is -2.62. The molecule has 0 fully saturated rings. The van der Waals surface area contributed by atoms with Crippen molar-refractivity contribution in [1.82, 2.24) is 15.2 Å². The monoisotopic (exact) mass is 265 g/mol. The Labute approximate surface area is 117 Å². The number of aromatic nitrogens is 3. The highest BCUT2D eigenvalue weighted by Crippen LogP contribution is 2.23. The maximum Gasteiger partial charge on any atom is 0.181 e. The zero-order valence-electron chi connectivity index (χ0n) is 11.4. The standard InChI is InChI=1S/C16H15N3O/c1-11-5-3-6-12(9-11)15-17-16(19-18-15)13-7-4-8-14(10-13)20-2/h3-10H,1-2H3,(H,17,18,19). The number of rotatable bonds is 3. The summed E-state index contributed by atoms with van der Waals surface area (Å²) in [4.78, 5) is 4.55. The van der Waals surface area contributed by atoms with Crippen molar-refractivity contribution < 1.29 is 4.74 Å². The number of H-pyrrole nitrogens is 1. The van der Waals surface area contributed by atoms with Gasteiger partial charge < -0.3 is 4.74 Å². The van der Waals surface area contributed by atoms with Gasteiger partial charge in [0.1, 0.15) is 5.75 Å². The van der Waals surface area contributed by atoms with Gasteiger partial charge in [-0.05, 0) is 25.1 Å². The second kappa shape index (κ2) is 5.17. The maximum atomic E-state index is 5.22. The number of benzene rings is 2. The third kappa shape index (κ3) is 2.40. The summed E-state index contributed by atoms with van der Waals surface area (Å²) < 4.78 is 5.22. The summed E-state index contributed by atoms with van der Waals surface area (Å²) >= 11 is 0. The van der Waals surface area contributed by atoms with Crippen LogP contribution >= 0.6 is 0 Å². The third-order valence-corrected chi connectivity index (χ3v) is 3.10. The zero-order chi connectivity index (χ0) is 13.9. The van der Waals surface area contributed by atoms with E-state index in [2.05, 4.69) is 34.2 Å². The number of aromatic amines is 1. The minimum Gasteiger partial charge on any atom is -0.497 e. The first-order valence-electron chi connectivity index (χ1n) is 6.40. The molecule has 0 saturated carbocycles. The molecule has 1 heterocycles. The molecule has 0 bridgehead atoms. The van der Waals surface area contributed by atoms with E-state index in [1.165, 1.54) is 5.56 Å². The highest BCUT2D eigenvalue weighted by atomic mass is 16.5. The minimum atomic E-state index is 0.700. The van der Waals surface area contributed by atoms with E-state index in [-0.39, 0.29) is 0 Å². The summed E-state index contributed by atoms with van der Waals surface area (Å²) in [6.45, 7) is 2.05. The number of methoxy groups -OCH3 is 1. The van der Waals surface area contributed by atoms with Crippen molar-refractivity contribution in [2.45, 2.75) is 6.92 Å². The highest BCUT2D eigenvalue weighted by molar-refractivity contribution is 5.62. The summed E-state index contributed by atoms with van der Waals surface area (Å²) in [6.07, 6.45) is 0. The van der Waals surface area contributed by atoms with E-state index in [4.69, 9.17) is 4.74 Å². The fraction of sp³-hybridized carbons (Fsp3) is 0.125. The van der Waals surface area contributed by atoms with Crippen molar-refractivity contribution in [3.8, 4) is 28.5 Å². The molecule has 0 radical (unpaired) electrons. The molecule has 0 atom stereocenters. The van der Waals surface area contributed by atoms with Crippen LogP contribution in [0.3, 0.4) is 0 Å². The minimum absolute atomic E-state index is 0.700. The summed E-state index contributed by atoms with van der Waals surface area (Å²) in [5, 5.41) is 7.26. The van der Waals surface area contributed by atoms with Crippen molar-refractivity contribution in [2.24, 2.45) is 0 Å². The average Bonchev–Trinajstić information content (AvgIpc) is 2.97. The van der Waals surface area contributed by atoms with Crippen molar-refractivity contribution in [2.75, 3.05) is 7.11 Å². The van der Waals surface area contributed by atoms with Gasteiger partial charge in [0.05, 0.1) is 7.11 Å². The first-order chi connectivity index (χ1) is 9.76. The van der Waals surface area contributed by atoms with E-state index >= 15 is 0 Å². The van der Waals surface area contributed by atoms with Gasteiger partial charge in [-0.25, -0.2) is 4.98 Å². The van der Waals surface area contributed by atoms with Gasteiger partial charge in [-0.2, -0.15) is 5.10 Å². The van der Waals surface area contributed by atoms with Gasteiger partial charge in [0.25, 0.3) is 0 Å². The Kier molecular flexibility index (Phi) is 3.21. The van der Waals surface area contributed by atoms with Gasteiger partial charge in [0, 0.05) is 11.1 Å². The molecule has 4 heteroatoms. The normalized spacial score (nSPS) is 10.5. The van der Waals surface area contributed by atoms with Crippen molar-refractivity contribution >= 4 is 0 Å². The number of nitrogens with zero attached hydrogens (tertiary/aromatic N) is 2. The maximum absolute atomic E-state index is 5.22. The van der Waals surface area contributed by atoms with Gasteiger partial charge in [0.15, 0.2) is 11.6 Å². The van der Waals surface area contributed by atoms with Crippen LogP contribution in [0.15, 0.2) is 48.5 Å². The van der Waals surface area contributed by atoms with Gasteiger partial charge in [-0.15, -0.1) is 0 Å². The third-order valence-electron chi connectivity index (χ3n) is 3.10. The van der Waals surface area contributed by atoms with Crippen LogP contribution in [0.1, 0.15) is 5.56 Å². The SMILES string of the molecule is COc1cccc(-c2nc(-c3cccc(C)c3)n[nH]2)c1. The van der Waals surface area contributed by atoms with Crippen LogP contribution in [0.25, 0.3) is 22.8 Å². The number of hydrogen-bond donors (Lipinski definition) is 1. The fourth-order valence-electron chi connectivity index (χ4n) is 2.07. The van der Waals surface area contributed by atoms with Gasteiger partial charge in [0.2, 0.25) is 0 Å². The van der Waals surface area contributed by atoms with E-state index in [1.54, 1.807) is 7.11 Å². The molecule has 0 unspecified atom stereocenters. The molecule has 0 aliphatic heterocycles. The summed E-state index contributed by atoms with van der Waals surface area (Å²) in [5.41, 5.74) is 3.15. The van der Waals surface area contributed by atoms with E-state index in [9.17, 15) is 0 Å². The smallest absolute Gasteiger partial charge is 0.181 e. The molecule has 1 N–H and O–H groups in total. The largest absolute Gasteiger partial charge is 0.497 e. The quantitative estimate of drug-likeness (QED) is 0.789. The van der Waals surface area contributed by atoms with Crippen molar-refractivity contribution in [1.29, 1.82) is 0 Å². The molecule has 4 nitrogen and oxygen atoms in total. The number of hydrogen-bond acceptors (Lipinski definition) is 3. The molecule has 3 aromatic rings. The molecule has 0 saturated heterocycles. The van der Waals surface area contributed by atoms with Crippen LogP contribution < -0.4 is 4.74 Å². The Bertz CT molecular complexity index is 734. The van der Waals surface area contributed by atoms with Crippen LogP contribution in [0.4, 0.5) is 0 Å². The van der Waals surface area contributed by atoms with Crippen LogP contribution in [-0.2, 0) is 0 Å². The van der Waals surface area contributed by atoms with Gasteiger partial charge in [-0.1, -0.05) is 35.9 Å². The molecular formula is C16H15N3O. The molecule has 20 heavy (non-hydrogen) atoms. The average molecular weight is 265 g/mol. The molecule has 100 valence electrons. The summed E-state index contributed by atoms with van der Waals surface area (Å²) in [7, 11) is 1.65. The second-order valence-electron chi connectivity index (χ2n) is 4.61. The predicted octanol–water partition coefficient (Wildman–Crippen LogP) is 3.46. The van der Waals surface area contributed by atoms with Crippen molar-refractivity contribution in [3.05, 3.63) is 54.1 Å². The topological polar surface area (TPSA) is 50.8 Å². The second-order valence-corrected chi connectivity index (χ2v) is 4.61. The molecular weight excluding hydrogens is 250 g/mol. The van der Waals surface area contributed by atoms with E-state index in [0.29, 0.717) is 5.82 Å². The highest BCUT2D eigenvalue weighted by Gasteiger charge is 2.08. The molecule has 0 spiro atoms. The van der Waals surface area contributed by atoms with Crippen LogP contribution in [0, 0.1) is 6.92 Å². The van der Waals surface area contributed by atoms with Crippen molar-refractivity contribution in [3.63, 3.8) is 0 Å². The van der Waals surface area contributed by atoms with Crippen LogP contribution in [0.5, 0.6) is 5.75 Å². The van der Waals surface area contributed by atoms with E-state index < -0.39 is 0 Å². The summed E-state index contributed by atoms with van der Waals surface area (Å²) in [6, 6.07) is 15.9. The molecule has 0 aliphatic carbocycles. The number of ether oxygens (including phenoxy) is 1. The Morgan fingerprint density at radius 3 is 2.60 bits per heavy atom. The summed E-state index contributed by atoms with van der Waals surface area (Å²) in [5.74, 6) is 2.24. The molecule has 3 rings (SSSR count). The lowest BCUT2D eigenvalue weighted by Gasteiger charge is -2.00. The molecule has 0 amide bonds. The zero-order valence-corrected chi connectivity index (χ0v) is 11.4. The lowest BCUT2D eigenvalue weighted by Crippen LogP contribution is -1.85. The molecule has 2 aromatic carbocycles. The van der Waals surface area contributed by atoms with Gasteiger partial charge >= 0.3 is 0 Å². The Morgan fingerprint density at radius 1 is 1.00 bits per heavy atom.